The SMILES string of the molecule is CCNC(=NCCCNC(=O)c1occc1C)NC1CCCN(c2ccccc2OC)C1. The summed E-state index contributed by atoms with van der Waals surface area (Å²) in [6, 6.07) is 10.2. The molecule has 1 unspecified atom stereocenters. The summed E-state index contributed by atoms with van der Waals surface area (Å²) in [7, 11) is 1.71. The molecule has 1 saturated heterocycles. The molecule has 1 atom stereocenters. The number of benzene rings is 1. The van der Waals surface area contributed by atoms with Crippen LogP contribution < -0.4 is 25.6 Å². The van der Waals surface area contributed by atoms with Crippen molar-refractivity contribution in [2.75, 3.05) is 44.7 Å². The van der Waals surface area contributed by atoms with Gasteiger partial charge in [0.2, 0.25) is 0 Å². The first-order valence-corrected chi connectivity index (χ1v) is 11.4. The topological polar surface area (TPSA) is 91.1 Å². The number of nitrogens with one attached hydrogen (secondary N) is 3. The second-order valence-corrected chi connectivity index (χ2v) is 7.90. The van der Waals surface area contributed by atoms with Crippen LogP contribution in [0.15, 0.2) is 46.0 Å². The van der Waals surface area contributed by atoms with Gasteiger partial charge < -0.3 is 30.0 Å². The van der Waals surface area contributed by atoms with Crippen LogP contribution in [0.25, 0.3) is 0 Å². The summed E-state index contributed by atoms with van der Waals surface area (Å²) < 4.78 is 10.8. The number of piperidine rings is 1. The molecule has 1 amide bonds. The van der Waals surface area contributed by atoms with Gasteiger partial charge in [-0.2, -0.15) is 0 Å². The highest BCUT2D eigenvalue weighted by molar-refractivity contribution is 5.92. The fraction of sp³-hybridized carbons (Fsp3) is 0.500. The minimum atomic E-state index is -0.180. The maximum atomic E-state index is 12.1. The Kier molecular flexibility index (Phi) is 8.83. The Balaban J connectivity index is 1.49. The molecule has 3 N–H and O–H groups in total. The summed E-state index contributed by atoms with van der Waals surface area (Å²) >= 11 is 0. The molecule has 1 aromatic heterocycles. The number of guanidine groups is 1. The van der Waals surface area contributed by atoms with E-state index in [4.69, 9.17) is 14.1 Å². The van der Waals surface area contributed by atoms with E-state index in [1.165, 1.54) is 6.26 Å². The number of aliphatic imine (C=N–C) groups is 1. The standard InChI is InChI=1S/C24H35N5O3/c1-4-25-24(27-14-8-13-26-23(30)22-18(2)12-16-32-22)28-19-9-7-15-29(17-19)20-10-5-6-11-21(20)31-3/h5-6,10-12,16,19H,4,7-9,13-15,17H2,1-3H3,(H,26,30)(H2,25,27,28). The maximum absolute atomic E-state index is 12.1. The summed E-state index contributed by atoms with van der Waals surface area (Å²) in [6.07, 6.45) is 4.48. The molecule has 1 fully saturated rings. The van der Waals surface area contributed by atoms with E-state index < -0.39 is 0 Å². The predicted molar refractivity (Wildman–Crippen MR) is 128 cm³/mol. The normalized spacial score (nSPS) is 16.5. The molecular weight excluding hydrogens is 406 g/mol. The lowest BCUT2D eigenvalue weighted by Gasteiger charge is -2.36. The van der Waals surface area contributed by atoms with Crippen molar-refractivity contribution in [3.05, 3.63) is 47.9 Å². The number of hydrogen-bond donors (Lipinski definition) is 3. The number of carbonyl (C=O) groups is 1. The largest absolute Gasteiger partial charge is 0.495 e. The quantitative estimate of drug-likeness (QED) is 0.315. The molecule has 3 rings (SSSR count). The van der Waals surface area contributed by atoms with Gasteiger partial charge >= 0.3 is 0 Å². The van der Waals surface area contributed by atoms with E-state index >= 15 is 0 Å². The molecule has 0 aliphatic carbocycles. The van der Waals surface area contributed by atoms with Crippen LogP contribution in [0.4, 0.5) is 5.69 Å². The Morgan fingerprint density at radius 3 is 2.88 bits per heavy atom. The smallest absolute Gasteiger partial charge is 0.287 e. The van der Waals surface area contributed by atoms with Gasteiger partial charge in [0.25, 0.3) is 5.91 Å². The van der Waals surface area contributed by atoms with Crippen LogP contribution in [-0.2, 0) is 0 Å². The van der Waals surface area contributed by atoms with E-state index in [1.807, 2.05) is 25.1 Å². The summed E-state index contributed by atoms with van der Waals surface area (Å²) in [5.74, 6) is 1.91. The molecule has 2 heterocycles. The van der Waals surface area contributed by atoms with E-state index in [9.17, 15) is 4.79 Å². The number of hydrogen-bond acceptors (Lipinski definition) is 5. The third-order valence-corrected chi connectivity index (χ3v) is 5.49. The number of carbonyl (C=O) groups excluding carboxylic acids is 1. The Morgan fingerprint density at radius 2 is 2.12 bits per heavy atom. The van der Waals surface area contributed by atoms with Gasteiger partial charge in [-0.25, -0.2) is 0 Å². The lowest BCUT2D eigenvalue weighted by atomic mass is 10.0. The summed E-state index contributed by atoms with van der Waals surface area (Å²) in [6.45, 7) is 7.79. The number of anilines is 1. The second-order valence-electron chi connectivity index (χ2n) is 7.90. The first kappa shape index (κ1) is 23.5. The Bertz CT molecular complexity index is 895. The fourth-order valence-electron chi connectivity index (χ4n) is 3.88. The molecule has 32 heavy (non-hydrogen) atoms. The zero-order valence-electron chi connectivity index (χ0n) is 19.3. The van der Waals surface area contributed by atoms with Gasteiger partial charge in [-0.1, -0.05) is 12.1 Å². The van der Waals surface area contributed by atoms with Crippen molar-refractivity contribution in [3.63, 3.8) is 0 Å². The third kappa shape index (κ3) is 6.42. The first-order chi connectivity index (χ1) is 15.6. The molecule has 0 saturated carbocycles. The number of amides is 1. The third-order valence-electron chi connectivity index (χ3n) is 5.49. The van der Waals surface area contributed by atoms with Crippen LogP contribution in [0.1, 0.15) is 42.3 Å². The van der Waals surface area contributed by atoms with Crippen molar-refractivity contribution >= 4 is 17.6 Å². The van der Waals surface area contributed by atoms with Crippen molar-refractivity contribution in [1.29, 1.82) is 0 Å². The molecule has 174 valence electrons. The lowest BCUT2D eigenvalue weighted by Crippen LogP contribution is -2.51. The van der Waals surface area contributed by atoms with Crippen LogP contribution in [0.2, 0.25) is 0 Å². The van der Waals surface area contributed by atoms with E-state index in [2.05, 4.69) is 33.8 Å². The fourth-order valence-corrected chi connectivity index (χ4v) is 3.88. The highest BCUT2D eigenvalue weighted by Gasteiger charge is 2.22. The Labute approximate surface area is 190 Å². The van der Waals surface area contributed by atoms with Gasteiger partial charge in [0.1, 0.15) is 5.75 Å². The minimum absolute atomic E-state index is 0.180. The van der Waals surface area contributed by atoms with Gasteiger partial charge in [0.15, 0.2) is 11.7 Å². The average molecular weight is 442 g/mol. The number of methoxy groups -OCH3 is 1. The van der Waals surface area contributed by atoms with Crippen LogP contribution in [0.3, 0.4) is 0 Å². The maximum Gasteiger partial charge on any atom is 0.287 e. The monoisotopic (exact) mass is 441 g/mol. The summed E-state index contributed by atoms with van der Waals surface area (Å²) in [5.41, 5.74) is 1.97. The van der Waals surface area contributed by atoms with Gasteiger partial charge in [-0.05, 0) is 51.3 Å². The van der Waals surface area contributed by atoms with Crippen molar-refractivity contribution in [1.82, 2.24) is 16.0 Å². The highest BCUT2D eigenvalue weighted by Crippen LogP contribution is 2.29. The molecule has 1 aromatic carbocycles. The number of para-hydroxylation sites is 2. The van der Waals surface area contributed by atoms with Crippen LogP contribution in [0.5, 0.6) is 5.75 Å². The van der Waals surface area contributed by atoms with E-state index in [-0.39, 0.29) is 5.91 Å². The molecule has 8 heteroatoms. The number of nitrogens with zero attached hydrogens (tertiary/aromatic N) is 2. The Hall–Kier alpha value is -3.16. The average Bonchev–Trinajstić information content (AvgIpc) is 3.25. The molecule has 0 spiro atoms. The van der Waals surface area contributed by atoms with Crippen LogP contribution >= 0.6 is 0 Å². The van der Waals surface area contributed by atoms with Gasteiger partial charge in [0, 0.05) is 44.3 Å². The van der Waals surface area contributed by atoms with Crippen molar-refractivity contribution in [3.8, 4) is 5.75 Å². The van der Waals surface area contributed by atoms with E-state index in [1.54, 1.807) is 13.2 Å². The number of ether oxygens (including phenoxy) is 1. The number of aryl methyl sites for hydroxylation is 1. The lowest BCUT2D eigenvalue weighted by molar-refractivity contribution is 0.0925. The van der Waals surface area contributed by atoms with Gasteiger partial charge in [-0.15, -0.1) is 0 Å². The molecule has 0 radical (unpaired) electrons. The van der Waals surface area contributed by atoms with Crippen molar-refractivity contribution in [2.45, 2.75) is 39.2 Å². The molecule has 2 aromatic rings. The van der Waals surface area contributed by atoms with Crippen LogP contribution in [-0.4, -0.2) is 57.7 Å². The van der Waals surface area contributed by atoms with Gasteiger partial charge in [-0.3, -0.25) is 9.79 Å². The van der Waals surface area contributed by atoms with E-state index in [0.717, 1.165) is 61.9 Å². The van der Waals surface area contributed by atoms with E-state index in [0.29, 0.717) is 24.9 Å². The van der Waals surface area contributed by atoms with Crippen LogP contribution in [0, 0.1) is 6.92 Å². The Morgan fingerprint density at radius 1 is 1.28 bits per heavy atom. The highest BCUT2D eigenvalue weighted by atomic mass is 16.5. The minimum Gasteiger partial charge on any atom is -0.495 e. The van der Waals surface area contributed by atoms with Gasteiger partial charge in [0.05, 0.1) is 19.1 Å². The molecule has 8 nitrogen and oxygen atoms in total. The van der Waals surface area contributed by atoms with Crippen molar-refractivity contribution in [2.24, 2.45) is 4.99 Å². The zero-order valence-corrected chi connectivity index (χ0v) is 19.3. The van der Waals surface area contributed by atoms with Crippen molar-refractivity contribution < 1.29 is 13.9 Å². The zero-order chi connectivity index (χ0) is 22.8. The summed E-state index contributed by atoms with van der Waals surface area (Å²) in [5, 5.41) is 9.79. The molecule has 0 bridgehead atoms. The molecule has 1 aliphatic rings. The predicted octanol–water partition coefficient (Wildman–Crippen LogP) is 2.94. The second kappa shape index (κ2) is 12.0. The molecule has 1 aliphatic heterocycles. The number of furan rings is 1. The molecular formula is C24H35N5O3. The summed E-state index contributed by atoms with van der Waals surface area (Å²) in [4.78, 5) is 19.2. The first-order valence-electron chi connectivity index (χ1n) is 11.4. The number of rotatable bonds is 9.